The molecule has 0 atom stereocenters. The summed E-state index contributed by atoms with van der Waals surface area (Å²) in [6.45, 7) is 2.63. The van der Waals surface area contributed by atoms with Crippen LogP contribution < -0.4 is 5.32 Å². The Labute approximate surface area is 106 Å². The predicted molar refractivity (Wildman–Crippen MR) is 67.7 cm³/mol. The molecule has 0 bridgehead atoms. The minimum Gasteiger partial charge on any atom is -0.385 e. The highest BCUT2D eigenvalue weighted by atomic mass is 16.2. The van der Waals surface area contributed by atoms with Gasteiger partial charge in [-0.25, -0.2) is 0 Å². The molecule has 0 heterocycles. The average Bonchev–Trinajstić information content (AvgIpc) is 2.39. The quantitative estimate of drug-likeness (QED) is 0.795. The number of carbonyl (C=O) groups is 1. The van der Waals surface area contributed by atoms with E-state index in [9.17, 15) is 4.79 Å². The van der Waals surface area contributed by atoms with Crippen molar-refractivity contribution in [2.75, 3.05) is 25.0 Å². The van der Waals surface area contributed by atoms with Crippen molar-refractivity contribution in [3.05, 3.63) is 29.8 Å². The van der Waals surface area contributed by atoms with Crippen LogP contribution in [0.5, 0.6) is 0 Å². The van der Waals surface area contributed by atoms with E-state index in [1.54, 1.807) is 24.3 Å². The first-order chi connectivity index (χ1) is 8.72. The molecular formula is C13H14N4O. The summed E-state index contributed by atoms with van der Waals surface area (Å²) in [6, 6.07) is 10.7. The molecule has 5 nitrogen and oxygen atoms in total. The monoisotopic (exact) mass is 242 g/mol. The lowest BCUT2D eigenvalue weighted by Crippen LogP contribution is -2.31. The summed E-state index contributed by atoms with van der Waals surface area (Å²) in [4.78, 5) is 13.2. The summed E-state index contributed by atoms with van der Waals surface area (Å²) >= 11 is 0. The number of rotatable bonds is 5. The maximum Gasteiger partial charge on any atom is 0.255 e. The van der Waals surface area contributed by atoms with Crippen LogP contribution >= 0.6 is 0 Å². The molecule has 0 saturated heterocycles. The van der Waals surface area contributed by atoms with Gasteiger partial charge in [-0.3, -0.25) is 4.79 Å². The second kappa shape index (κ2) is 6.93. The van der Waals surface area contributed by atoms with Gasteiger partial charge in [0.15, 0.2) is 0 Å². The molecule has 0 fully saturated rings. The number of anilines is 1. The number of carbonyl (C=O) groups excluding carboxylic acids is 1. The van der Waals surface area contributed by atoms with Crippen LogP contribution in [0.25, 0.3) is 0 Å². The lowest BCUT2D eigenvalue weighted by molar-refractivity contribution is 0.0795. The highest BCUT2D eigenvalue weighted by molar-refractivity contribution is 5.94. The van der Waals surface area contributed by atoms with Gasteiger partial charge in [0.2, 0.25) is 0 Å². The zero-order chi connectivity index (χ0) is 13.4. The molecule has 1 rings (SSSR count). The largest absolute Gasteiger partial charge is 0.385 e. The van der Waals surface area contributed by atoms with Crippen LogP contribution in [0.1, 0.15) is 17.3 Å². The van der Waals surface area contributed by atoms with Gasteiger partial charge in [0.25, 0.3) is 5.91 Å². The first-order valence-electron chi connectivity index (χ1n) is 5.60. The Kier molecular flexibility index (Phi) is 5.21. The van der Waals surface area contributed by atoms with Gasteiger partial charge in [0.05, 0.1) is 12.1 Å². The Morgan fingerprint density at radius 3 is 2.22 bits per heavy atom. The van der Waals surface area contributed by atoms with Gasteiger partial charge in [-0.1, -0.05) is 0 Å². The Balaban J connectivity index is 2.82. The van der Waals surface area contributed by atoms with Gasteiger partial charge < -0.3 is 10.2 Å². The van der Waals surface area contributed by atoms with Gasteiger partial charge in [0, 0.05) is 17.8 Å². The molecule has 0 spiro atoms. The summed E-state index contributed by atoms with van der Waals surface area (Å²) in [5, 5.41) is 20.3. The Bertz CT molecular complexity index is 465. The van der Waals surface area contributed by atoms with Crippen LogP contribution in [-0.2, 0) is 0 Å². The maximum atomic E-state index is 12.0. The number of nitrogens with one attached hydrogen (secondary N) is 1. The molecule has 0 saturated carbocycles. The van der Waals surface area contributed by atoms with E-state index in [1.165, 1.54) is 4.90 Å². The number of amides is 1. The molecule has 5 heteroatoms. The minimum atomic E-state index is -0.304. The molecule has 0 aliphatic heterocycles. The Morgan fingerprint density at radius 1 is 1.22 bits per heavy atom. The average molecular weight is 242 g/mol. The van der Waals surface area contributed by atoms with Gasteiger partial charge in [-0.05, 0) is 31.2 Å². The molecule has 1 aromatic rings. The van der Waals surface area contributed by atoms with Crippen LogP contribution in [0.2, 0.25) is 0 Å². The maximum absolute atomic E-state index is 12.0. The summed E-state index contributed by atoms with van der Waals surface area (Å²) in [7, 11) is 0. The van der Waals surface area contributed by atoms with Crippen molar-refractivity contribution in [2.24, 2.45) is 0 Å². The molecule has 92 valence electrons. The van der Waals surface area contributed by atoms with Crippen molar-refractivity contribution in [1.29, 1.82) is 10.5 Å². The predicted octanol–water partition coefficient (Wildman–Crippen LogP) is 1.61. The fourth-order valence-corrected chi connectivity index (χ4v) is 1.49. The number of hydrogen-bond donors (Lipinski definition) is 1. The minimum absolute atomic E-state index is 0.0820. The summed E-state index contributed by atoms with van der Waals surface area (Å²) in [6.07, 6.45) is 0. The zero-order valence-corrected chi connectivity index (χ0v) is 10.2. The molecule has 0 aliphatic carbocycles. The summed E-state index contributed by atoms with van der Waals surface area (Å²) in [5.74, 6) is -0.304. The van der Waals surface area contributed by atoms with E-state index >= 15 is 0 Å². The van der Waals surface area contributed by atoms with Crippen LogP contribution in [-0.4, -0.2) is 30.4 Å². The molecule has 1 N–H and O–H groups in total. The Morgan fingerprint density at radius 2 is 1.78 bits per heavy atom. The third-order valence-electron chi connectivity index (χ3n) is 2.32. The molecule has 0 radical (unpaired) electrons. The number of nitriles is 2. The highest BCUT2D eigenvalue weighted by Gasteiger charge is 2.14. The third-order valence-corrected chi connectivity index (χ3v) is 2.32. The second-order valence-corrected chi connectivity index (χ2v) is 3.59. The van der Waals surface area contributed by atoms with E-state index in [2.05, 4.69) is 5.32 Å². The fourth-order valence-electron chi connectivity index (χ4n) is 1.49. The molecule has 1 amide bonds. The van der Waals surface area contributed by atoms with Crippen molar-refractivity contribution < 1.29 is 4.79 Å². The first kappa shape index (κ1) is 13.5. The molecule has 0 aliphatic rings. The summed E-state index contributed by atoms with van der Waals surface area (Å²) < 4.78 is 0. The third kappa shape index (κ3) is 3.50. The van der Waals surface area contributed by atoms with Crippen molar-refractivity contribution in [3.8, 4) is 12.1 Å². The van der Waals surface area contributed by atoms with Crippen LogP contribution in [0.3, 0.4) is 0 Å². The molecular weight excluding hydrogens is 228 g/mol. The van der Waals surface area contributed by atoms with Crippen LogP contribution in [0.15, 0.2) is 24.3 Å². The first-order valence-corrected chi connectivity index (χ1v) is 5.60. The van der Waals surface area contributed by atoms with E-state index in [4.69, 9.17) is 10.5 Å². The van der Waals surface area contributed by atoms with Crippen molar-refractivity contribution >= 4 is 11.6 Å². The lowest BCUT2D eigenvalue weighted by atomic mass is 10.2. The standard InChI is InChI=1S/C13H14N4O/c1-2-16-12-5-3-11(4-6-12)13(18)17(9-7-14)10-8-15/h3-6,16H,2,9-10H2,1H3. The number of hydrogen-bond acceptors (Lipinski definition) is 4. The highest BCUT2D eigenvalue weighted by Crippen LogP contribution is 2.11. The lowest BCUT2D eigenvalue weighted by Gasteiger charge is -2.15. The van der Waals surface area contributed by atoms with E-state index < -0.39 is 0 Å². The van der Waals surface area contributed by atoms with Gasteiger partial charge in [-0.2, -0.15) is 10.5 Å². The van der Waals surface area contributed by atoms with Crippen molar-refractivity contribution in [1.82, 2.24) is 4.90 Å². The van der Waals surface area contributed by atoms with E-state index in [-0.39, 0.29) is 19.0 Å². The summed E-state index contributed by atoms with van der Waals surface area (Å²) in [5.41, 5.74) is 1.41. The van der Waals surface area contributed by atoms with Crippen molar-refractivity contribution in [3.63, 3.8) is 0 Å². The molecule has 0 unspecified atom stereocenters. The second-order valence-electron chi connectivity index (χ2n) is 3.59. The van der Waals surface area contributed by atoms with Crippen LogP contribution in [0.4, 0.5) is 5.69 Å². The van der Waals surface area contributed by atoms with Gasteiger partial charge in [-0.15, -0.1) is 0 Å². The van der Waals surface area contributed by atoms with E-state index in [0.717, 1.165) is 12.2 Å². The van der Waals surface area contributed by atoms with E-state index in [0.29, 0.717) is 5.56 Å². The number of benzene rings is 1. The fraction of sp³-hybridized carbons (Fsp3) is 0.308. The van der Waals surface area contributed by atoms with Crippen LogP contribution in [0, 0.1) is 22.7 Å². The zero-order valence-electron chi connectivity index (χ0n) is 10.2. The van der Waals surface area contributed by atoms with Gasteiger partial charge in [0.1, 0.15) is 13.1 Å². The van der Waals surface area contributed by atoms with Crippen molar-refractivity contribution in [2.45, 2.75) is 6.92 Å². The Hall–Kier alpha value is -2.53. The molecule has 0 aromatic heterocycles. The topological polar surface area (TPSA) is 79.9 Å². The SMILES string of the molecule is CCNc1ccc(C(=O)N(CC#N)CC#N)cc1. The smallest absolute Gasteiger partial charge is 0.255 e. The van der Waals surface area contributed by atoms with E-state index in [1.807, 2.05) is 19.1 Å². The normalized spacial score (nSPS) is 9.06. The molecule has 1 aromatic carbocycles. The number of nitrogens with zero attached hydrogens (tertiary/aromatic N) is 3. The van der Waals surface area contributed by atoms with Gasteiger partial charge >= 0.3 is 0 Å². The molecule has 18 heavy (non-hydrogen) atoms.